The van der Waals surface area contributed by atoms with Crippen LogP contribution in [-0.2, 0) is 16.2 Å². The maximum Gasteiger partial charge on any atom is 0.329 e. The molecule has 0 aromatic heterocycles. The second-order valence-corrected chi connectivity index (χ2v) is 6.74. The highest BCUT2D eigenvalue weighted by molar-refractivity contribution is 9.10. The van der Waals surface area contributed by atoms with Crippen LogP contribution < -0.4 is 10.1 Å². The summed E-state index contributed by atoms with van der Waals surface area (Å²) in [5.74, 6) is -1.83. The summed E-state index contributed by atoms with van der Waals surface area (Å²) in [6, 6.07) is 10.3. The van der Waals surface area contributed by atoms with Crippen molar-refractivity contribution in [2.75, 3.05) is 6.54 Å². The summed E-state index contributed by atoms with van der Waals surface area (Å²) in [5.41, 5.74) is 1.24. The SMILES string of the molecule is O=C(O)CN1C(=O)N/C(=C/c2ccc(OCc3cccc(F)c3)c(Br)c2)C1=O. The molecule has 2 aromatic rings. The van der Waals surface area contributed by atoms with Gasteiger partial charge in [0.25, 0.3) is 5.91 Å². The van der Waals surface area contributed by atoms with Crippen molar-refractivity contribution in [1.82, 2.24) is 10.2 Å². The minimum Gasteiger partial charge on any atom is -0.488 e. The average Bonchev–Trinajstić information content (AvgIpc) is 2.88. The minimum atomic E-state index is -1.28. The van der Waals surface area contributed by atoms with E-state index in [1.165, 1.54) is 18.2 Å². The maximum absolute atomic E-state index is 13.2. The summed E-state index contributed by atoms with van der Waals surface area (Å²) in [5, 5.41) is 11.1. The average molecular weight is 449 g/mol. The zero-order chi connectivity index (χ0) is 20.3. The fourth-order valence-electron chi connectivity index (χ4n) is 2.53. The molecule has 1 aliphatic heterocycles. The van der Waals surface area contributed by atoms with Crippen LogP contribution in [0, 0.1) is 5.82 Å². The first kappa shape index (κ1) is 19.6. The first-order chi connectivity index (χ1) is 13.3. The molecule has 2 aromatic carbocycles. The Morgan fingerprint density at radius 2 is 2.04 bits per heavy atom. The minimum absolute atomic E-state index is 0.0217. The zero-order valence-electron chi connectivity index (χ0n) is 14.3. The van der Waals surface area contributed by atoms with Crippen molar-refractivity contribution in [3.63, 3.8) is 0 Å². The molecule has 0 unspecified atom stereocenters. The Morgan fingerprint density at radius 3 is 2.71 bits per heavy atom. The fourth-order valence-corrected chi connectivity index (χ4v) is 3.04. The summed E-state index contributed by atoms with van der Waals surface area (Å²) >= 11 is 3.37. The molecule has 28 heavy (non-hydrogen) atoms. The van der Waals surface area contributed by atoms with Crippen molar-refractivity contribution in [2.24, 2.45) is 0 Å². The highest BCUT2D eigenvalue weighted by Gasteiger charge is 2.34. The number of imide groups is 1. The van der Waals surface area contributed by atoms with Crippen LogP contribution >= 0.6 is 15.9 Å². The molecular weight excluding hydrogens is 435 g/mol. The normalized spacial score (nSPS) is 15.1. The molecule has 0 bridgehead atoms. The number of nitrogens with zero attached hydrogens (tertiary/aromatic N) is 1. The fraction of sp³-hybridized carbons (Fsp3) is 0.105. The van der Waals surface area contributed by atoms with Crippen molar-refractivity contribution >= 4 is 39.9 Å². The Kier molecular flexibility index (Phi) is 5.74. The number of aliphatic carboxylic acids is 1. The second-order valence-electron chi connectivity index (χ2n) is 5.88. The molecule has 3 rings (SSSR count). The van der Waals surface area contributed by atoms with Gasteiger partial charge in [-0.3, -0.25) is 9.59 Å². The van der Waals surface area contributed by atoms with E-state index >= 15 is 0 Å². The van der Waals surface area contributed by atoms with Crippen molar-refractivity contribution in [3.8, 4) is 5.75 Å². The predicted molar refractivity (Wildman–Crippen MR) is 101 cm³/mol. The molecule has 0 saturated carbocycles. The third-order valence-electron chi connectivity index (χ3n) is 3.81. The van der Waals surface area contributed by atoms with Crippen LogP contribution in [0.1, 0.15) is 11.1 Å². The Balaban J connectivity index is 1.72. The molecule has 0 aliphatic carbocycles. The van der Waals surface area contributed by atoms with Crippen LogP contribution in [0.2, 0.25) is 0 Å². The third kappa shape index (κ3) is 4.55. The van der Waals surface area contributed by atoms with Crippen LogP contribution in [0.25, 0.3) is 6.08 Å². The number of hydrogen-bond donors (Lipinski definition) is 2. The number of benzene rings is 2. The monoisotopic (exact) mass is 448 g/mol. The van der Waals surface area contributed by atoms with Crippen molar-refractivity contribution in [1.29, 1.82) is 0 Å². The van der Waals surface area contributed by atoms with Crippen LogP contribution in [0.4, 0.5) is 9.18 Å². The lowest BCUT2D eigenvalue weighted by molar-refractivity contribution is -0.140. The number of amides is 3. The van der Waals surface area contributed by atoms with Gasteiger partial charge >= 0.3 is 12.0 Å². The number of carbonyl (C=O) groups excluding carboxylic acids is 2. The first-order valence-electron chi connectivity index (χ1n) is 8.06. The predicted octanol–water partition coefficient (Wildman–Crippen LogP) is 3.14. The van der Waals surface area contributed by atoms with Gasteiger partial charge in [-0.05, 0) is 57.4 Å². The number of carboxylic acid groups (broad SMARTS) is 1. The molecular formula is C19H14BrFN2O5. The molecule has 1 aliphatic rings. The van der Waals surface area contributed by atoms with Crippen LogP contribution in [0.3, 0.4) is 0 Å². The molecule has 144 valence electrons. The van der Waals surface area contributed by atoms with Crippen molar-refractivity contribution in [3.05, 3.63) is 69.6 Å². The molecule has 3 amide bonds. The largest absolute Gasteiger partial charge is 0.488 e. The Hall–Kier alpha value is -3.20. The number of ether oxygens (including phenoxy) is 1. The van der Waals surface area contributed by atoms with E-state index in [4.69, 9.17) is 9.84 Å². The summed E-state index contributed by atoms with van der Waals surface area (Å²) in [6.07, 6.45) is 1.43. The van der Waals surface area contributed by atoms with Crippen molar-refractivity contribution in [2.45, 2.75) is 6.61 Å². The van der Waals surface area contributed by atoms with Gasteiger partial charge < -0.3 is 15.2 Å². The van der Waals surface area contributed by atoms with Gasteiger partial charge in [0.1, 0.15) is 30.4 Å². The summed E-state index contributed by atoms with van der Waals surface area (Å²) < 4.78 is 19.5. The quantitative estimate of drug-likeness (QED) is 0.522. The highest BCUT2D eigenvalue weighted by atomic mass is 79.9. The number of urea groups is 1. The van der Waals surface area contributed by atoms with Crippen LogP contribution in [0.15, 0.2) is 52.6 Å². The molecule has 1 fully saturated rings. The lowest BCUT2D eigenvalue weighted by atomic mass is 10.2. The number of hydrogen-bond acceptors (Lipinski definition) is 4. The Labute approximate surface area is 167 Å². The van der Waals surface area contributed by atoms with Gasteiger partial charge in [-0.25, -0.2) is 14.1 Å². The van der Waals surface area contributed by atoms with Gasteiger partial charge in [-0.15, -0.1) is 0 Å². The molecule has 7 nitrogen and oxygen atoms in total. The number of rotatable bonds is 6. The Bertz CT molecular complexity index is 992. The second kappa shape index (κ2) is 8.22. The van der Waals surface area contributed by atoms with E-state index in [1.54, 1.807) is 30.3 Å². The van der Waals surface area contributed by atoms with E-state index in [0.717, 1.165) is 0 Å². The third-order valence-corrected chi connectivity index (χ3v) is 4.43. The van der Waals surface area contributed by atoms with Crippen molar-refractivity contribution < 1.29 is 28.6 Å². The van der Waals surface area contributed by atoms with E-state index in [1.807, 2.05) is 0 Å². The lowest BCUT2D eigenvalue weighted by Crippen LogP contribution is -2.35. The standard InChI is InChI=1S/C19H14BrFN2O5/c20-14-7-11(8-15-18(26)23(9-17(24)25)19(27)22-15)4-5-16(14)28-10-12-2-1-3-13(21)6-12/h1-8H,9-10H2,(H,22,27)(H,24,25)/b15-8+. The topological polar surface area (TPSA) is 95.9 Å². The highest BCUT2D eigenvalue weighted by Crippen LogP contribution is 2.28. The van der Waals surface area contributed by atoms with Gasteiger partial charge in [0, 0.05) is 0 Å². The van der Waals surface area contributed by atoms with E-state index in [0.29, 0.717) is 26.2 Å². The van der Waals surface area contributed by atoms with Gasteiger partial charge in [0.2, 0.25) is 0 Å². The molecule has 9 heteroatoms. The molecule has 0 atom stereocenters. The molecule has 0 radical (unpaired) electrons. The number of halogens is 2. The number of carboxylic acids is 1. The summed E-state index contributed by atoms with van der Waals surface area (Å²) in [6.45, 7) is -0.534. The molecule has 2 N–H and O–H groups in total. The zero-order valence-corrected chi connectivity index (χ0v) is 15.9. The van der Waals surface area contributed by atoms with Gasteiger partial charge in [-0.1, -0.05) is 18.2 Å². The smallest absolute Gasteiger partial charge is 0.329 e. The molecule has 1 saturated heterocycles. The number of nitrogens with one attached hydrogen (secondary N) is 1. The Morgan fingerprint density at radius 1 is 1.25 bits per heavy atom. The first-order valence-corrected chi connectivity index (χ1v) is 8.86. The summed E-state index contributed by atoms with van der Waals surface area (Å²) in [7, 11) is 0. The molecule has 0 spiro atoms. The number of carbonyl (C=O) groups is 3. The van der Waals surface area contributed by atoms with Gasteiger partial charge in [-0.2, -0.15) is 0 Å². The van der Waals surface area contributed by atoms with E-state index in [2.05, 4.69) is 21.2 Å². The van der Waals surface area contributed by atoms with E-state index < -0.39 is 24.5 Å². The van der Waals surface area contributed by atoms with Gasteiger partial charge in [0.05, 0.1) is 4.47 Å². The lowest BCUT2D eigenvalue weighted by Gasteiger charge is -2.09. The summed E-state index contributed by atoms with van der Waals surface area (Å²) in [4.78, 5) is 35.2. The van der Waals surface area contributed by atoms with Crippen LogP contribution in [0.5, 0.6) is 5.75 Å². The molecule has 1 heterocycles. The van der Waals surface area contributed by atoms with Gasteiger partial charge in [0.15, 0.2) is 0 Å². The van der Waals surface area contributed by atoms with E-state index in [9.17, 15) is 18.8 Å². The van der Waals surface area contributed by atoms with E-state index in [-0.39, 0.29) is 18.1 Å². The maximum atomic E-state index is 13.2. The van der Waals surface area contributed by atoms with Crippen LogP contribution in [-0.4, -0.2) is 34.5 Å².